The molecule has 0 saturated heterocycles. The van der Waals surface area contributed by atoms with Gasteiger partial charge in [-0.05, 0) is 29.5 Å². The predicted molar refractivity (Wildman–Crippen MR) is 83.8 cm³/mol. The van der Waals surface area contributed by atoms with Crippen molar-refractivity contribution in [3.8, 4) is 5.75 Å². The third kappa shape index (κ3) is 3.85. The van der Waals surface area contributed by atoms with Gasteiger partial charge in [0.05, 0.1) is 7.11 Å². The van der Waals surface area contributed by atoms with Crippen molar-refractivity contribution < 1.29 is 13.9 Å². The summed E-state index contributed by atoms with van der Waals surface area (Å²) in [7, 11) is 1.41. The summed E-state index contributed by atoms with van der Waals surface area (Å²) >= 11 is 1.72. The Hall–Kier alpha value is -1.81. The maximum atomic E-state index is 14.0. The van der Waals surface area contributed by atoms with Crippen molar-refractivity contribution in [2.24, 2.45) is 0 Å². The zero-order valence-corrected chi connectivity index (χ0v) is 12.9. The van der Waals surface area contributed by atoms with Crippen molar-refractivity contribution in [1.29, 1.82) is 0 Å². The third-order valence-corrected chi connectivity index (χ3v) is 4.00. The first kappa shape index (κ1) is 15.6. The molecule has 0 aromatic heterocycles. The van der Waals surface area contributed by atoms with E-state index in [1.54, 1.807) is 42.1 Å². The van der Waals surface area contributed by atoms with E-state index in [-0.39, 0.29) is 18.0 Å². The van der Waals surface area contributed by atoms with E-state index in [1.165, 1.54) is 7.11 Å². The lowest BCUT2D eigenvalue weighted by Gasteiger charge is -2.07. The van der Waals surface area contributed by atoms with Crippen LogP contribution in [0.4, 0.5) is 4.39 Å². The summed E-state index contributed by atoms with van der Waals surface area (Å²) in [4.78, 5) is 13.3. The molecular weight excluding hydrogens is 287 g/mol. The molecule has 0 aliphatic rings. The van der Waals surface area contributed by atoms with Crippen molar-refractivity contribution in [3.05, 3.63) is 59.4 Å². The van der Waals surface area contributed by atoms with Crippen LogP contribution in [0.1, 0.15) is 22.8 Å². The molecular formula is C17H17FO2S. The van der Waals surface area contributed by atoms with E-state index in [4.69, 9.17) is 4.74 Å². The molecule has 2 nitrogen and oxygen atoms in total. The van der Waals surface area contributed by atoms with Crippen LogP contribution >= 0.6 is 11.8 Å². The Kier molecular flexibility index (Phi) is 5.39. The minimum absolute atomic E-state index is 0.0311. The van der Waals surface area contributed by atoms with Crippen molar-refractivity contribution in [3.63, 3.8) is 0 Å². The molecule has 2 rings (SSSR count). The third-order valence-electron chi connectivity index (χ3n) is 3.10. The molecule has 4 heteroatoms. The molecule has 0 aliphatic carbocycles. The van der Waals surface area contributed by atoms with Crippen LogP contribution in [0.25, 0.3) is 0 Å². The molecule has 110 valence electrons. The zero-order chi connectivity index (χ0) is 15.2. The van der Waals surface area contributed by atoms with Gasteiger partial charge in [0.1, 0.15) is 0 Å². The standard InChI is InChI=1S/C17H17FO2S/c1-3-21-14-9-7-12(8-10-14)15(19)11-13-5-4-6-16(20-2)17(13)18/h4-10H,3,11H2,1-2H3. The molecule has 2 aromatic rings. The molecule has 0 aliphatic heterocycles. The normalized spacial score (nSPS) is 10.4. The maximum absolute atomic E-state index is 14.0. The van der Waals surface area contributed by atoms with Gasteiger partial charge in [0, 0.05) is 16.9 Å². The van der Waals surface area contributed by atoms with Gasteiger partial charge in [-0.3, -0.25) is 4.79 Å². The van der Waals surface area contributed by atoms with Gasteiger partial charge in [0.25, 0.3) is 0 Å². The van der Waals surface area contributed by atoms with Crippen LogP contribution in [0.3, 0.4) is 0 Å². The number of hydrogen-bond donors (Lipinski definition) is 0. The van der Waals surface area contributed by atoms with Gasteiger partial charge in [0.2, 0.25) is 0 Å². The molecule has 21 heavy (non-hydrogen) atoms. The average Bonchev–Trinajstić information content (AvgIpc) is 2.50. The first-order valence-electron chi connectivity index (χ1n) is 6.73. The number of carbonyl (C=O) groups excluding carboxylic acids is 1. The lowest BCUT2D eigenvalue weighted by Crippen LogP contribution is -2.06. The van der Waals surface area contributed by atoms with Crippen LogP contribution in [0.2, 0.25) is 0 Å². The van der Waals surface area contributed by atoms with Crippen LogP contribution in [-0.4, -0.2) is 18.6 Å². The predicted octanol–water partition coefficient (Wildman–Crippen LogP) is 4.37. The largest absolute Gasteiger partial charge is 0.494 e. The second-order valence-corrected chi connectivity index (χ2v) is 5.83. The summed E-state index contributed by atoms with van der Waals surface area (Å²) in [5.74, 6) is 0.583. The van der Waals surface area contributed by atoms with E-state index >= 15 is 0 Å². The number of benzene rings is 2. The molecule has 0 bridgehead atoms. The summed E-state index contributed by atoms with van der Waals surface area (Å²) < 4.78 is 19.0. The number of halogens is 1. The fourth-order valence-electron chi connectivity index (χ4n) is 2.03. The van der Waals surface area contributed by atoms with E-state index in [0.717, 1.165) is 10.6 Å². The smallest absolute Gasteiger partial charge is 0.168 e. The van der Waals surface area contributed by atoms with Crippen LogP contribution in [0.5, 0.6) is 5.75 Å². The molecule has 0 saturated carbocycles. The van der Waals surface area contributed by atoms with Gasteiger partial charge >= 0.3 is 0 Å². The summed E-state index contributed by atoms with van der Waals surface area (Å²) in [6.07, 6.45) is 0.0311. The monoisotopic (exact) mass is 304 g/mol. The van der Waals surface area contributed by atoms with Gasteiger partial charge in [-0.2, -0.15) is 0 Å². The highest BCUT2D eigenvalue weighted by Crippen LogP contribution is 2.22. The van der Waals surface area contributed by atoms with E-state index in [0.29, 0.717) is 11.1 Å². The SMILES string of the molecule is CCSc1ccc(C(=O)Cc2cccc(OC)c2F)cc1. The highest BCUT2D eigenvalue weighted by Gasteiger charge is 2.13. The average molecular weight is 304 g/mol. The van der Waals surface area contributed by atoms with Gasteiger partial charge in [-0.15, -0.1) is 11.8 Å². The first-order valence-corrected chi connectivity index (χ1v) is 7.71. The number of ketones is 1. The number of thioether (sulfide) groups is 1. The second-order valence-electron chi connectivity index (χ2n) is 4.49. The number of Topliss-reactive ketones (excluding diaryl/α,β-unsaturated/α-hetero) is 1. The Morgan fingerprint density at radius 2 is 1.90 bits per heavy atom. The molecule has 0 atom stereocenters. The Morgan fingerprint density at radius 3 is 2.52 bits per heavy atom. The Morgan fingerprint density at radius 1 is 1.19 bits per heavy atom. The molecule has 0 heterocycles. The molecule has 0 fully saturated rings. The van der Waals surface area contributed by atoms with Gasteiger partial charge in [-0.1, -0.05) is 31.2 Å². The molecule has 0 N–H and O–H groups in total. The van der Waals surface area contributed by atoms with Gasteiger partial charge in [-0.25, -0.2) is 4.39 Å². The van der Waals surface area contributed by atoms with Crippen molar-refractivity contribution >= 4 is 17.5 Å². The highest BCUT2D eigenvalue weighted by atomic mass is 32.2. The van der Waals surface area contributed by atoms with E-state index < -0.39 is 5.82 Å². The first-order chi connectivity index (χ1) is 10.2. The van der Waals surface area contributed by atoms with Crippen LogP contribution in [0.15, 0.2) is 47.4 Å². The molecule has 0 radical (unpaired) electrons. The van der Waals surface area contributed by atoms with Crippen molar-refractivity contribution in [2.45, 2.75) is 18.2 Å². The van der Waals surface area contributed by atoms with Crippen molar-refractivity contribution in [2.75, 3.05) is 12.9 Å². The quantitative estimate of drug-likeness (QED) is 0.585. The Bertz CT molecular complexity index is 623. The van der Waals surface area contributed by atoms with Gasteiger partial charge in [0.15, 0.2) is 17.3 Å². The Balaban J connectivity index is 2.14. The van der Waals surface area contributed by atoms with Crippen LogP contribution in [0, 0.1) is 5.82 Å². The lowest BCUT2D eigenvalue weighted by atomic mass is 10.0. The van der Waals surface area contributed by atoms with E-state index in [2.05, 4.69) is 6.92 Å². The second kappa shape index (κ2) is 7.27. The van der Waals surface area contributed by atoms with E-state index in [9.17, 15) is 9.18 Å². The summed E-state index contributed by atoms with van der Waals surface area (Å²) in [6.45, 7) is 2.08. The molecule has 0 amide bonds. The van der Waals surface area contributed by atoms with Crippen LogP contribution in [-0.2, 0) is 6.42 Å². The number of ether oxygens (including phenoxy) is 1. The number of methoxy groups -OCH3 is 1. The number of hydrogen-bond acceptors (Lipinski definition) is 3. The fraction of sp³-hybridized carbons (Fsp3) is 0.235. The van der Waals surface area contributed by atoms with Gasteiger partial charge < -0.3 is 4.74 Å². The Labute approximate surface area is 128 Å². The minimum atomic E-state index is -0.466. The molecule has 0 spiro atoms. The summed E-state index contributed by atoms with van der Waals surface area (Å²) in [5, 5.41) is 0. The zero-order valence-electron chi connectivity index (χ0n) is 12.1. The van der Waals surface area contributed by atoms with Crippen molar-refractivity contribution in [1.82, 2.24) is 0 Å². The highest BCUT2D eigenvalue weighted by molar-refractivity contribution is 7.99. The molecule has 0 unspecified atom stereocenters. The fourth-order valence-corrected chi connectivity index (χ4v) is 2.69. The summed E-state index contributed by atoms with van der Waals surface area (Å²) in [6, 6.07) is 12.3. The number of rotatable bonds is 6. The lowest BCUT2D eigenvalue weighted by molar-refractivity contribution is 0.0991. The molecule has 2 aromatic carbocycles. The topological polar surface area (TPSA) is 26.3 Å². The minimum Gasteiger partial charge on any atom is -0.494 e. The summed E-state index contributed by atoms with van der Waals surface area (Å²) in [5.41, 5.74) is 0.948. The number of carbonyl (C=O) groups is 1. The maximum Gasteiger partial charge on any atom is 0.168 e. The van der Waals surface area contributed by atoms with E-state index in [1.807, 2.05) is 12.1 Å². The van der Waals surface area contributed by atoms with Crippen LogP contribution < -0.4 is 4.74 Å².